The van der Waals surface area contributed by atoms with Crippen LogP contribution in [0, 0.1) is 0 Å². The van der Waals surface area contributed by atoms with Crippen LogP contribution in [0.4, 0.5) is 0 Å². The fourth-order valence-electron chi connectivity index (χ4n) is 2.49. The number of para-hydroxylation sites is 2. The van der Waals surface area contributed by atoms with Crippen molar-refractivity contribution in [1.29, 1.82) is 0 Å². The topological polar surface area (TPSA) is 81.5 Å². The molecule has 0 atom stereocenters. The molecular weight excluding hydrogens is 475 g/mol. The van der Waals surface area contributed by atoms with Crippen molar-refractivity contribution in [3.63, 3.8) is 0 Å². The molecule has 0 amide bonds. The van der Waals surface area contributed by atoms with Gasteiger partial charge >= 0.3 is 187 Å². The molecule has 0 spiro atoms. The van der Waals surface area contributed by atoms with Crippen molar-refractivity contribution in [3.05, 3.63) is 109 Å². The first-order chi connectivity index (χ1) is 14.4. The van der Waals surface area contributed by atoms with Gasteiger partial charge in [-0.3, -0.25) is 0 Å². The van der Waals surface area contributed by atoms with Crippen molar-refractivity contribution in [2.45, 2.75) is 19.6 Å². The SMILES string of the molecule is O.O.c1ccc(Sc2ccccc2[O][Co][O]c2ccccc2Sc2ccccc2)cc1. The predicted molar refractivity (Wildman–Crippen MR) is 122 cm³/mol. The second kappa shape index (κ2) is 13.1. The van der Waals surface area contributed by atoms with Gasteiger partial charge in [0, 0.05) is 0 Å². The molecule has 4 rings (SSSR count). The Kier molecular flexibility index (Phi) is 10.5. The zero-order valence-electron chi connectivity index (χ0n) is 16.4. The Morgan fingerprint density at radius 1 is 0.452 bits per heavy atom. The molecule has 0 aromatic heterocycles. The van der Waals surface area contributed by atoms with Crippen molar-refractivity contribution in [1.82, 2.24) is 0 Å². The second-order valence-corrected chi connectivity index (χ2v) is 8.74. The summed E-state index contributed by atoms with van der Waals surface area (Å²) in [6.07, 6.45) is 0. The number of benzene rings is 4. The van der Waals surface area contributed by atoms with Gasteiger partial charge in [-0.1, -0.05) is 0 Å². The van der Waals surface area contributed by atoms with E-state index in [0.717, 1.165) is 21.3 Å². The molecule has 0 fully saturated rings. The van der Waals surface area contributed by atoms with E-state index in [9.17, 15) is 0 Å². The zero-order chi connectivity index (χ0) is 19.7. The molecule has 4 aromatic carbocycles. The summed E-state index contributed by atoms with van der Waals surface area (Å²) in [5.41, 5.74) is 0. The Morgan fingerprint density at radius 2 is 0.806 bits per heavy atom. The molecule has 0 aliphatic rings. The molecule has 163 valence electrons. The molecule has 4 nitrogen and oxygen atoms in total. The van der Waals surface area contributed by atoms with Crippen LogP contribution in [0.5, 0.6) is 11.5 Å². The van der Waals surface area contributed by atoms with E-state index in [1.165, 1.54) is 9.79 Å². The van der Waals surface area contributed by atoms with Gasteiger partial charge in [0.05, 0.1) is 0 Å². The fraction of sp³-hybridized carbons (Fsp3) is 0. The molecule has 0 radical (unpaired) electrons. The van der Waals surface area contributed by atoms with Gasteiger partial charge in [-0.2, -0.15) is 0 Å². The average molecular weight is 498 g/mol. The van der Waals surface area contributed by atoms with E-state index in [-0.39, 0.29) is 11.0 Å². The van der Waals surface area contributed by atoms with E-state index in [0.29, 0.717) is 15.3 Å². The van der Waals surface area contributed by atoms with E-state index in [1.807, 2.05) is 72.8 Å². The molecule has 31 heavy (non-hydrogen) atoms. The third kappa shape index (κ3) is 7.36. The van der Waals surface area contributed by atoms with Crippen LogP contribution in [-0.4, -0.2) is 11.0 Å². The monoisotopic (exact) mass is 497 g/mol. The summed E-state index contributed by atoms with van der Waals surface area (Å²) >= 11 is 3.81. The molecule has 7 heteroatoms. The Balaban J connectivity index is 0.00000171. The first kappa shape index (κ1) is 24.9. The minimum atomic E-state index is 0. The van der Waals surface area contributed by atoms with Crippen molar-refractivity contribution < 1.29 is 34.0 Å². The molecule has 0 heterocycles. The van der Waals surface area contributed by atoms with Gasteiger partial charge in [0.25, 0.3) is 0 Å². The van der Waals surface area contributed by atoms with Gasteiger partial charge in [0.15, 0.2) is 0 Å². The van der Waals surface area contributed by atoms with Crippen LogP contribution in [0.25, 0.3) is 0 Å². The van der Waals surface area contributed by atoms with Gasteiger partial charge < -0.3 is 11.0 Å². The predicted octanol–water partition coefficient (Wildman–Crippen LogP) is 5.71. The first-order valence-electron chi connectivity index (χ1n) is 8.97. The van der Waals surface area contributed by atoms with Gasteiger partial charge in [-0.25, -0.2) is 0 Å². The summed E-state index contributed by atoms with van der Waals surface area (Å²) in [6.45, 7) is 0. The Hall–Kier alpha value is -2.39. The fourth-order valence-corrected chi connectivity index (χ4v) is 5.02. The second-order valence-electron chi connectivity index (χ2n) is 5.92. The van der Waals surface area contributed by atoms with Crippen LogP contribution >= 0.6 is 23.5 Å². The molecule has 0 aliphatic carbocycles. The molecule has 0 bridgehead atoms. The average Bonchev–Trinajstić information content (AvgIpc) is 2.78. The standard InChI is InChI=1S/2C12H10OS.Co.2H2O/c2*13-11-8-4-5-9-12(11)14-10-6-2-1-3-7-10;;;/h2*1-9,13H;;2*1H2/q;;+2;;/p-2. The molecule has 0 saturated carbocycles. The quantitative estimate of drug-likeness (QED) is 0.312. The summed E-state index contributed by atoms with van der Waals surface area (Å²) in [7, 11) is 0. The van der Waals surface area contributed by atoms with E-state index < -0.39 is 0 Å². The van der Waals surface area contributed by atoms with Gasteiger partial charge in [-0.15, -0.1) is 0 Å². The third-order valence-corrected chi connectivity index (χ3v) is 6.60. The van der Waals surface area contributed by atoms with E-state index in [2.05, 4.69) is 36.4 Å². The van der Waals surface area contributed by atoms with Gasteiger partial charge in [0.1, 0.15) is 0 Å². The van der Waals surface area contributed by atoms with Crippen LogP contribution < -0.4 is 7.70 Å². The molecular formula is C24H22CoO4S2. The Bertz CT molecular complexity index is 964. The normalized spacial score (nSPS) is 9.94. The first-order valence-corrected chi connectivity index (χ1v) is 11.5. The van der Waals surface area contributed by atoms with Crippen LogP contribution in [0.15, 0.2) is 129 Å². The Labute approximate surface area is 197 Å². The summed E-state index contributed by atoms with van der Waals surface area (Å²) in [4.78, 5) is 4.46. The summed E-state index contributed by atoms with van der Waals surface area (Å²) < 4.78 is 11.9. The Morgan fingerprint density at radius 3 is 1.23 bits per heavy atom. The number of rotatable bonds is 8. The molecule has 0 aliphatic heterocycles. The summed E-state index contributed by atoms with van der Waals surface area (Å²) in [6, 6.07) is 36.6. The van der Waals surface area contributed by atoms with Crippen molar-refractivity contribution in [3.8, 4) is 11.5 Å². The van der Waals surface area contributed by atoms with Crippen LogP contribution in [-0.2, 0) is 15.3 Å². The van der Waals surface area contributed by atoms with E-state index in [4.69, 9.17) is 7.70 Å². The molecule has 0 saturated heterocycles. The van der Waals surface area contributed by atoms with Gasteiger partial charge in [0.2, 0.25) is 0 Å². The van der Waals surface area contributed by atoms with Crippen LogP contribution in [0.3, 0.4) is 0 Å². The van der Waals surface area contributed by atoms with E-state index in [1.54, 1.807) is 23.5 Å². The van der Waals surface area contributed by atoms with E-state index >= 15 is 0 Å². The zero-order valence-corrected chi connectivity index (χ0v) is 19.0. The minimum absolute atomic E-state index is 0. The summed E-state index contributed by atoms with van der Waals surface area (Å²) in [5.74, 6) is 1.60. The van der Waals surface area contributed by atoms with Crippen LogP contribution in [0.2, 0.25) is 0 Å². The summed E-state index contributed by atoms with van der Waals surface area (Å²) in [5, 5.41) is 0. The maximum atomic E-state index is 5.93. The van der Waals surface area contributed by atoms with Crippen molar-refractivity contribution >= 4 is 23.5 Å². The maximum absolute atomic E-state index is 5.93. The van der Waals surface area contributed by atoms with Crippen molar-refractivity contribution in [2.75, 3.05) is 0 Å². The number of hydrogen-bond acceptors (Lipinski definition) is 4. The number of hydrogen-bond donors (Lipinski definition) is 0. The van der Waals surface area contributed by atoms with Crippen LogP contribution in [0.1, 0.15) is 0 Å². The molecule has 0 unspecified atom stereocenters. The van der Waals surface area contributed by atoms with Crippen molar-refractivity contribution in [2.24, 2.45) is 0 Å². The third-order valence-electron chi connectivity index (χ3n) is 3.84. The molecule has 4 aromatic rings. The molecule has 4 N–H and O–H groups in total. The van der Waals surface area contributed by atoms with Gasteiger partial charge in [-0.05, 0) is 0 Å².